The molecule has 78 valence electrons. The van der Waals surface area contributed by atoms with Crippen LogP contribution in [-0.2, 0) is 9.53 Å². The number of hydrogen-bond acceptors (Lipinski definition) is 3. The van der Waals surface area contributed by atoms with Gasteiger partial charge in [-0.1, -0.05) is 22.0 Å². The molecule has 0 radical (unpaired) electrons. The smallest absolute Gasteiger partial charge is 0.138 e. The highest BCUT2D eigenvalue weighted by Gasteiger charge is 2.02. The number of hydrogen-bond donors (Lipinski definition) is 0. The molecule has 0 aliphatic carbocycles. The van der Waals surface area contributed by atoms with Gasteiger partial charge in [-0.3, -0.25) is 4.98 Å². The van der Waals surface area contributed by atoms with E-state index in [-0.39, 0.29) is 4.83 Å². The van der Waals surface area contributed by atoms with Crippen LogP contribution in [0.3, 0.4) is 0 Å². The molecule has 4 heteroatoms. The minimum atomic E-state index is -0.221. The van der Waals surface area contributed by atoms with Crippen molar-refractivity contribution in [3.8, 4) is 0 Å². The Balaban J connectivity index is 0.000000364. The van der Waals surface area contributed by atoms with Crippen LogP contribution in [0.5, 0.6) is 0 Å². The van der Waals surface area contributed by atoms with Crippen molar-refractivity contribution in [2.24, 2.45) is 0 Å². The molecule has 0 fully saturated rings. The normalized spacial score (nSPS) is 11.1. The number of rotatable bonds is 3. The maximum absolute atomic E-state index is 10.2. The van der Waals surface area contributed by atoms with Gasteiger partial charge in [-0.15, -0.1) is 0 Å². The first-order chi connectivity index (χ1) is 6.76. The molecule has 1 heterocycles. The van der Waals surface area contributed by atoms with Crippen molar-refractivity contribution in [3.63, 3.8) is 0 Å². The second-order valence-electron chi connectivity index (χ2n) is 2.40. The summed E-state index contributed by atoms with van der Waals surface area (Å²) >= 11 is 3.18. The van der Waals surface area contributed by atoms with E-state index in [1.807, 2.05) is 13.0 Å². The maximum atomic E-state index is 10.2. The van der Waals surface area contributed by atoms with E-state index in [1.54, 1.807) is 25.6 Å². The molecule has 0 N–H and O–H groups in total. The first kappa shape index (κ1) is 13.3. The molecule has 0 aliphatic rings. The van der Waals surface area contributed by atoms with E-state index in [2.05, 4.69) is 25.7 Å². The minimum absolute atomic E-state index is 0.221. The van der Waals surface area contributed by atoms with Crippen LogP contribution in [0.4, 0.5) is 0 Å². The standard InChI is InChI=1S/C7H6BrNO.C3H8O/c8-7(5-10)6-2-1-3-9-4-6;1-3-4-2/h1-5,7H;3H2,1-2H3. The third-order valence-corrected chi connectivity index (χ3v) is 2.16. The van der Waals surface area contributed by atoms with Crippen LogP contribution in [0.15, 0.2) is 24.5 Å². The number of methoxy groups -OCH3 is 1. The molecule has 3 nitrogen and oxygen atoms in total. The van der Waals surface area contributed by atoms with Gasteiger partial charge in [-0.05, 0) is 18.6 Å². The van der Waals surface area contributed by atoms with E-state index in [4.69, 9.17) is 0 Å². The lowest BCUT2D eigenvalue weighted by Crippen LogP contribution is -1.89. The van der Waals surface area contributed by atoms with Gasteiger partial charge >= 0.3 is 0 Å². The van der Waals surface area contributed by atoms with Crippen molar-refractivity contribution < 1.29 is 9.53 Å². The number of aldehydes is 1. The van der Waals surface area contributed by atoms with E-state index in [9.17, 15) is 4.79 Å². The molecular formula is C10H14BrNO2. The van der Waals surface area contributed by atoms with E-state index >= 15 is 0 Å². The van der Waals surface area contributed by atoms with E-state index in [0.717, 1.165) is 18.5 Å². The number of carbonyl (C=O) groups excluding carboxylic acids is 1. The van der Waals surface area contributed by atoms with Crippen LogP contribution in [0.1, 0.15) is 17.3 Å². The molecule has 0 spiro atoms. The van der Waals surface area contributed by atoms with Crippen molar-refractivity contribution in [1.29, 1.82) is 0 Å². The van der Waals surface area contributed by atoms with Gasteiger partial charge in [-0.2, -0.15) is 0 Å². The third kappa shape index (κ3) is 5.83. The Morgan fingerprint density at radius 1 is 1.71 bits per heavy atom. The van der Waals surface area contributed by atoms with Crippen LogP contribution in [0.2, 0.25) is 0 Å². The molecule has 1 aromatic rings. The average molecular weight is 260 g/mol. The van der Waals surface area contributed by atoms with E-state index in [1.165, 1.54) is 0 Å². The minimum Gasteiger partial charge on any atom is -0.385 e. The summed E-state index contributed by atoms with van der Waals surface area (Å²) in [6.07, 6.45) is 4.17. The number of alkyl halides is 1. The zero-order valence-corrected chi connectivity index (χ0v) is 9.90. The Bertz CT molecular complexity index is 239. The van der Waals surface area contributed by atoms with Crippen LogP contribution in [0, 0.1) is 0 Å². The quantitative estimate of drug-likeness (QED) is 0.618. The van der Waals surface area contributed by atoms with Gasteiger partial charge in [0.25, 0.3) is 0 Å². The largest absolute Gasteiger partial charge is 0.385 e. The Morgan fingerprint density at radius 2 is 2.36 bits per heavy atom. The lowest BCUT2D eigenvalue weighted by molar-refractivity contribution is -0.107. The average Bonchev–Trinajstić information content (AvgIpc) is 2.29. The second kappa shape index (κ2) is 8.84. The number of aromatic nitrogens is 1. The van der Waals surface area contributed by atoms with Crippen molar-refractivity contribution in [1.82, 2.24) is 4.98 Å². The van der Waals surface area contributed by atoms with Gasteiger partial charge in [-0.25, -0.2) is 0 Å². The molecule has 1 rings (SSSR count). The molecule has 0 bridgehead atoms. The fraction of sp³-hybridized carbons (Fsp3) is 0.400. The highest BCUT2D eigenvalue weighted by Crippen LogP contribution is 2.17. The summed E-state index contributed by atoms with van der Waals surface area (Å²) in [6, 6.07) is 3.65. The molecular weight excluding hydrogens is 246 g/mol. The van der Waals surface area contributed by atoms with Gasteiger partial charge in [0.05, 0.1) is 4.83 Å². The zero-order chi connectivity index (χ0) is 10.8. The van der Waals surface area contributed by atoms with Crippen LogP contribution < -0.4 is 0 Å². The number of ether oxygens (including phenoxy) is 1. The predicted molar refractivity (Wildman–Crippen MR) is 59.5 cm³/mol. The predicted octanol–water partition coefficient (Wildman–Crippen LogP) is 2.37. The summed E-state index contributed by atoms with van der Waals surface area (Å²) in [4.78, 5) is 13.9. The van der Waals surface area contributed by atoms with Gasteiger partial charge in [0.1, 0.15) is 6.29 Å². The monoisotopic (exact) mass is 259 g/mol. The van der Waals surface area contributed by atoms with Gasteiger partial charge < -0.3 is 9.53 Å². The molecule has 0 saturated heterocycles. The lowest BCUT2D eigenvalue weighted by Gasteiger charge is -1.97. The number of nitrogens with zero attached hydrogens (tertiary/aromatic N) is 1. The highest BCUT2D eigenvalue weighted by atomic mass is 79.9. The van der Waals surface area contributed by atoms with Crippen molar-refractivity contribution in [2.75, 3.05) is 13.7 Å². The fourth-order valence-electron chi connectivity index (χ4n) is 0.618. The fourth-order valence-corrected chi connectivity index (χ4v) is 0.888. The van der Waals surface area contributed by atoms with Gasteiger partial charge in [0, 0.05) is 26.1 Å². The molecule has 1 atom stereocenters. The summed E-state index contributed by atoms with van der Waals surface area (Å²) in [5, 5.41) is 0. The van der Waals surface area contributed by atoms with E-state index < -0.39 is 0 Å². The summed E-state index contributed by atoms with van der Waals surface area (Å²) in [5.41, 5.74) is 0.887. The summed E-state index contributed by atoms with van der Waals surface area (Å²) < 4.78 is 4.54. The van der Waals surface area contributed by atoms with Crippen LogP contribution in [-0.4, -0.2) is 25.0 Å². The number of carbonyl (C=O) groups is 1. The molecule has 0 aliphatic heterocycles. The van der Waals surface area contributed by atoms with Gasteiger partial charge in [0.2, 0.25) is 0 Å². The Morgan fingerprint density at radius 3 is 2.71 bits per heavy atom. The molecule has 14 heavy (non-hydrogen) atoms. The first-order valence-electron chi connectivity index (χ1n) is 4.24. The Kier molecular flexibility index (Phi) is 8.37. The third-order valence-electron chi connectivity index (χ3n) is 1.41. The molecule has 0 aromatic carbocycles. The second-order valence-corrected chi connectivity index (χ2v) is 3.39. The van der Waals surface area contributed by atoms with Crippen molar-refractivity contribution in [2.45, 2.75) is 11.8 Å². The molecule has 1 aromatic heterocycles. The van der Waals surface area contributed by atoms with Crippen molar-refractivity contribution in [3.05, 3.63) is 30.1 Å². The SMILES string of the molecule is CCOC.O=CC(Br)c1cccnc1. The van der Waals surface area contributed by atoms with Crippen molar-refractivity contribution >= 4 is 22.2 Å². The number of halogens is 1. The van der Waals surface area contributed by atoms with Crippen LogP contribution >= 0.6 is 15.9 Å². The first-order valence-corrected chi connectivity index (χ1v) is 5.16. The van der Waals surface area contributed by atoms with Crippen LogP contribution in [0.25, 0.3) is 0 Å². The Labute approximate surface area is 92.6 Å². The highest BCUT2D eigenvalue weighted by molar-refractivity contribution is 9.09. The van der Waals surface area contributed by atoms with Gasteiger partial charge in [0.15, 0.2) is 0 Å². The topological polar surface area (TPSA) is 39.2 Å². The molecule has 0 saturated carbocycles. The summed E-state index contributed by atoms with van der Waals surface area (Å²) in [7, 11) is 1.68. The summed E-state index contributed by atoms with van der Waals surface area (Å²) in [6.45, 7) is 2.78. The molecule has 0 amide bonds. The number of pyridine rings is 1. The molecule has 1 unspecified atom stereocenters. The summed E-state index contributed by atoms with van der Waals surface area (Å²) in [5.74, 6) is 0. The Hall–Kier alpha value is -0.740. The van der Waals surface area contributed by atoms with E-state index in [0.29, 0.717) is 0 Å². The zero-order valence-electron chi connectivity index (χ0n) is 8.31. The maximum Gasteiger partial charge on any atom is 0.138 e. The lowest BCUT2D eigenvalue weighted by atomic mass is 10.2.